The van der Waals surface area contributed by atoms with Crippen molar-refractivity contribution in [3.05, 3.63) is 64.7 Å². The Morgan fingerprint density at radius 2 is 1.89 bits per heavy atom. The quantitative estimate of drug-likeness (QED) is 0.743. The number of rotatable bonds is 7. The molecule has 2 aromatic rings. The van der Waals surface area contributed by atoms with Crippen LogP contribution in [-0.2, 0) is 14.9 Å². The highest BCUT2D eigenvalue weighted by Crippen LogP contribution is 2.34. The molecule has 150 valence electrons. The Balaban J connectivity index is 1.55. The molecule has 2 aromatic carbocycles. The molecule has 0 unspecified atom stereocenters. The normalized spacial score (nSPS) is 15.8. The molecule has 1 heterocycles. The Hall–Kier alpha value is -2.18. The van der Waals surface area contributed by atoms with Crippen LogP contribution in [0, 0.1) is 11.6 Å². The van der Waals surface area contributed by atoms with E-state index in [9.17, 15) is 13.6 Å². The minimum atomic E-state index is -0.450. The summed E-state index contributed by atoms with van der Waals surface area (Å²) in [5, 5.41) is 3.09. The molecule has 0 saturated carbocycles. The zero-order valence-electron chi connectivity index (χ0n) is 15.3. The lowest BCUT2D eigenvalue weighted by atomic mass is 9.74. The van der Waals surface area contributed by atoms with Crippen LogP contribution in [0.25, 0.3) is 0 Å². The maximum absolute atomic E-state index is 13.7. The summed E-state index contributed by atoms with van der Waals surface area (Å²) in [6, 6.07) is 10.3. The van der Waals surface area contributed by atoms with Gasteiger partial charge in [-0.15, -0.1) is 0 Å². The number of hydrogen-bond donors (Lipinski definition) is 1. The van der Waals surface area contributed by atoms with Crippen LogP contribution < -0.4 is 10.1 Å². The van der Waals surface area contributed by atoms with Gasteiger partial charge in [0.1, 0.15) is 17.4 Å². The number of hydrogen-bond acceptors (Lipinski definition) is 3. The lowest BCUT2D eigenvalue weighted by Crippen LogP contribution is -2.44. The van der Waals surface area contributed by atoms with Gasteiger partial charge in [0.05, 0.1) is 18.1 Å². The molecule has 0 aliphatic carbocycles. The van der Waals surface area contributed by atoms with Gasteiger partial charge < -0.3 is 14.8 Å². The van der Waals surface area contributed by atoms with E-state index in [1.54, 1.807) is 6.07 Å². The SMILES string of the molecule is O=C(CCOc1ccc(F)cc1Cl)NCC1(c2cccc(F)c2)CCOCC1. The zero-order valence-corrected chi connectivity index (χ0v) is 16.1. The molecule has 28 heavy (non-hydrogen) atoms. The first-order valence-electron chi connectivity index (χ1n) is 9.17. The van der Waals surface area contributed by atoms with Crippen molar-refractivity contribution in [1.29, 1.82) is 0 Å². The van der Waals surface area contributed by atoms with Crippen LogP contribution in [0.5, 0.6) is 5.75 Å². The van der Waals surface area contributed by atoms with E-state index >= 15 is 0 Å². The van der Waals surface area contributed by atoms with E-state index < -0.39 is 5.82 Å². The van der Waals surface area contributed by atoms with Crippen LogP contribution >= 0.6 is 11.6 Å². The van der Waals surface area contributed by atoms with Gasteiger partial charge in [0, 0.05) is 25.2 Å². The second-order valence-electron chi connectivity index (χ2n) is 6.85. The van der Waals surface area contributed by atoms with E-state index in [4.69, 9.17) is 21.1 Å². The molecular weight excluding hydrogens is 388 g/mol. The van der Waals surface area contributed by atoms with E-state index in [-0.39, 0.29) is 35.2 Å². The molecule has 1 N–H and O–H groups in total. The fourth-order valence-corrected chi connectivity index (χ4v) is 3.57. The lowest BCUT2D eigenvalue weighted by Gasteiger charge is -2.38. The van der Waals surface area contributed by atoms with Crippen LogP contribution in [-0.4, -0.2) is 32.3 Å². The van der Waals surface area contributed by atoms with Gasteiger partial charge in [-0.05, 0) is 48.7 Å². The summed E-state index contributed by atoms with van der Waals surface area (Å²) < 4.78 is 37.6. The largest absolute Gasteiger partial charge is 0.491 e. The lowest BCUT2D eigenvalue weighted by molar-refractivity contribution is -0.122. The molecule has 0 aromatic heterocycles. The summed E-state index contributed by atoms with van der Waals surface area (Å²) in [6.07, 6.45) is 1.54. The Morgan fingerprint density at radius 1 is 1.14 bits per heavy atom. The molecule has 0 atom stereocenters. The first-order valence-corrected chi connectivity index (χ1v) is 9.55. The van der Waals surface area contributed by atoms with E-state index in [1.165, 1.54) is 24.3 Å². The number of amides is 1. The average molecular weight is 410 g/mol. The number of halogens is 3. The van der Waals surface area contributed by atoms with Gasteiger partial charge in [-0.3, -0.25) is 4.79 Å². The average Bonchev–Trinajstić information content (AvgIpc) is 2.69. The van der Waals surface area contributed by atoms with Crippen molar-refractivity contribution in [1.82, 2.24) is 5.32 Å². The standard InChI is InChI=1S/C21H22ClF2NO3/c22-18-13-17(24)4-5-19(18)28-9-6-20(26)25-14-21(7-10-27-11-8-21)15-2-1-3-16(23)12-15/h1-5,12-13H,6-11,14H2,(H,25,26). The number of carbonyl (C=O) groups is 1. The van der Waals surface area contributed by atoms with Crippen LogP contribution in [0.3, 0.4) is 0 Å². The van der Waals surface area contributed by atoms with Crippen molar-refractivity contribution < 1.29 is 23.0 Å². The molecular formula is C21H22ClF2NO3. The van der Waals surface area contributed by atoms with Crippen molar-refractivity contribution in [3.8, 4) is 5.75 Å². The highest BCUT2D eigenvalue weighted by Gasteiger charge is 2.35. The summed E-state index contributed by atoms with van der Waals surface area (Å²) in [5.74, 6) is -0.592. The van der Waals surface area contributed by atoms with Gasteiger partial charge in [0.2, 0.25) is 5.91 Å². The maximum Gasteiger partial charge on any atom is 0.223 e. The molecule has 7 heteroatoms. The fourth-order valence-electron chi connectivity index (χ4n) is 3.35. The first kappa shape index (κ1) is 20.6. The van der Waals surface area contributed by atoms with Crippen molar-refractivity contribution in [2.24, 2.45) is 0 Å². The van der Waals surface area contributed by atoms with Crippen LogP contribution in [0.1, 0.15) is 24.8 Å². The summed E-state index contributed by atoms with van der Waals surface area (Å²) >= 11 is 5.90. The Bertz CT molecular complexity index is 825. The van der Waals surface area contributed by atoms with Gasteiger partial charge in [-0.1, -0.05) is 23.7 Å². The minimum Gasteiger partial charge on any atom is -0.491 e. The summed E-state index contributed by atoms with van der Waals surface area (Å²) in [7, 11) is 0. The monoisotopic (exact) mass is 409 g/mol. The number of benzene rings is 2. The van der Waals surface area contributed by atoms with E-state index in [0.717, 1.165) is 11.6 Å². The van der Waals surface area contributed by atoms with Crippen molar-refractivity contribution >= 4 is 17.5 Å². The predicted octanol–water partition coefficient (Wildman–Crippen LogP) is 4.25. The van der Waals surface area contributed by atoms with Gasteiger partial charge in [-0.2, -0.15) is 0 Å². The molecule has 1 aliphatic rings. The third-order valence-corrected chi connectivity index (χ3v) is 5.29. The summed E-state index contributed by atoms with van der Waals surface area (Å²) in [6.45, 7) is 1.65. The van der Waals surface area contributed by atoms with Crippen LogP contribution in [0.2, 0.25) is 5.02 Å². The molecule has 1 fully saturated rings. The summed E-state index contributed by atoms with van der Waals surface area (Å²) in [4.78, 5) is 12.3. The molecule has 4 nitrogen and oxygen atoms in total. The van der Waals surface area contributed by atoms with Crippen molar-refractivity contribution in [2.45, 2.75) is 24.7 Å². The summed E-state index contributed by atoms with van der Waals surface area (Å²) in [5.41, 5.74) is 0.516. The zero-order chi connectivity index (χ0) is 20.0. The molecule has 1 aliphatic heterocycles. The molecule has 3 rings (SSSR count). The molecule has 0 spiro atoms. The molecule has 0 radical (unpaired) electrons. The van der Waals surface area contributed by atoms with Gasteiger partial charge in [0.25, 0.3) is 0 Å². The fraction of sp³-hybridized carbons (Fsp3) is 0.381. The first-order chi connectivity index (χ1) is 13.5. The Kier molecular flexibility index (Phi) is 6.86. The second-order valence-corrected chi connectivity index (χ2v) is 7.26. The van der Waals surface area contributed by atoms with Crippen molar-refractivity contribution in [3.63, 3.8) is 0 Å². The Labute approximate surface area is 167 Å². The number of carbonyl (C=O) groups excluding carboxylic acids is 1. The predicted molar refractivity (Wildman–Crippen MR) is 103 cm³/mol. The molecule has 1 amide bonds. The number of nitrogens with one attached hydrogen (secondary N) is 1. The van der Waals surface area contributed by atoms with Crippen molar-refractivity contribution in [2.75, 3.05) is 26.4 Å². The Morgan fingerprint density at radius 3 is 2.61 bits per heavy atom. The molecule has 1 saturated heterocycles. The van der Waals surface area contributed by atoms with E-state index in [2.05, 4.69) is 5.32 Å². The van der Waals surface area contributed by atoms with Crippen LogP contribution in [0.15, 0.2) is 42.5 Å². The third kappa shape index (κ3) is 5.20. The number of ether oxygens (including phenoxy) is 2. The van der Waals surface area contributed by atoms with Gasteiger partial charge in [-0.25, -0.2) is 8.78 Å². The van der Waals surface area contributed by atoms with E-state index in [0.29, 0.717) is 38.3 Å². The van der Waals surface area contributed by atoms with Gasteiger partial charge >= 0.3 is 0 Å². The molecule has 0 bridgehead atoms. The highest BCUT2D eigenvalue weighted by molar-refractivity contribution is 6.32. The minimum absolute atomic E-state index is 0.118. The second kappa shape index (κ2) is 9.34. The van der Waals surface area contributed by atoms with Gasteiger partial charge in [0.15, 0.2) is 0 Å². The highest BCUT2D eigenvalue weighted by atomic mass is 35.5. The smallest absolute Gasteiger partial charge is 0.223 e. The third-order valence-electron chi connectivity index (χ3n) is 4.99. The topological polar surface area (TPSA) is 47.6 Å². The maximum atomic E-state index is 13.7. The van der Waals surface area contributed by atoms with E-state index in [1.807, 2.05) is 6.07 Å². The van der Waals surface area contributed by atoms with Crippen LogP contribution in [0.4, 0.5) is 8.78 Å².